The van der Waals surface area contributed by atoms with E-state index in [2.05, 4.69) is 25.1 Å². The molecular weight excluding hydrogens is 606 g/mol. The van der Waals surface area contributed by atoms with Crippen LogP contribution in [0, 0.1) is 17.1 Å². The van der Waals surface area contributed by atoms with Crippen LogP contribution >= 0.6 is 23.2 Å². The van der Waals surface area contributed by atoms with Crippen LogP contribution in [0.2, 0.25) is 10.0 Å². The molecule has 2 aliphatic rings. The molecule has 2 aromatic carbocycles. The van der Waals surface area contributed by atoms with Crippen molar-refractivity contribution in [3.05, 3.63) is 70.3 Å². The quantitative estimate of drug-likeness (QED) is 0.263. The molecule has 2 aromatic heterocycles. The van der Waals surface area contributed by atoms with Crippen LogP contribution in [0.25, 0.3) is 16.9 Å². The molecule has 1 amide bonds. The zero-order valence-electron chi connectivity index (χ0n) is 24.0. The maximum absolute atomic E-state index is 14.8. The number of piperazine rings is 1. The number of fused-ring (bicyclic) bond motifs is 1. The number of imidazole rings is 1. The summed E-state index contributed by atoms with van der Waals surface area (Å²) in [5, 5.41) is 12.1. The van der Waals surface area contributed by atoms with Gasteiger partial charge in [-0.25, -0.2) is 14.4 Å². The number of nitrogens with one attached hydrogen (secondary N) is 1. The molecule has 4 heterocycles. The number of carbonyl (C=O) groups is 1. The van der Waals surface area contributed by atoms with Crippen molar-refractivity contribution in [2.45, 2.75) is 12.8 Å². The first kappa shape index (κ1) is 30.1. The number of hydrogen-bond donors (Lipinski definition) is 1. The maximum Gasteiger partial charge on any atom is 0.255 e. The van der Waals surface area contributed by atoms with Crippen LogP contribution in [0.5, 0.6) is 5.75 Å². The molecule has 10 nitrogen and oxygen atoms in total. The number of likely N-dealkylation sites (tertiary alicyclic amines) is 1. The number of benzene rings is 2. The van der Waals surface area contributed by atoms with Crippen molar-refractivity contribution in [3.8, 4) is 23.1 Å². The summed E-state index contributed by atoms with van der Waals surface area (Å²) in [7, 11) is 0. The molecule has 2 fully saturated rings. The number of aromatic nitrogens is 3. The molecule has 0 unspecified atom stereocenters. The third-order valence-electron chi connectivity index (χ3n) is 8.10. The first-order chi connectivity index (χ1) is 21.4. The molecule has 13 heteroatoms. The minimum atomic E-state index is -0.759. The molecule has 0 atom stereocenters. The smallest absolute Gasteiger partial charge is 0.255 e. The Morgan fingerprint density at radius 1 is 1.02 bits per heavy atom. The number of halogens is 3. The van der Waals surface area contributed by atoms with Gasteiger partial charge in [-0.15, -0.1) is 0 Å². The van der Waals surface area contributed by atoms with E-state index in [0.717, 1.165) is 26.2 Å². The first-order valence-corrected chi connectivity index (χ1v) is 15.3. The molecule has 1 N–H and O–H groups in total. The molecular formula is C31H31Cl2FN8O2. The third kappa shape index (κ3) is 6.30. The largest absolute Gasteiger partial charge is 0.476 e. The average molecular weight is 638 g/mol. The average Bonchev–Trinajstić information content (AvgIpc) is 3.72. The number of anilines is 2. The second-order valence-electron chi connectivity index (χ2n) is 10.8. The topological polar surface area (TPSA) is 102 Å². The van der Waals surface area contributed by atoms with E-state index in [4.69, 9.17) is 33.2 Å². The van der Waals surface area contributed by atoms with Gasteiger partial charge in [-0.3, -0.25) is 14.1 Å². The minimum Gasteiger partial charge on any atom is -0.476 e. The van der Waals surface area contributed by atoms with E-state index in [0.29, 0.717) is 52.1 Å². The Labute approximate surface area is 264 Å². The lowest BCUT2D eigenvalue weighted by Crippen LogP contribution is -2.50. The lowest BCUT2D eigenvalue weighted by atomic mass is 10.1. The molecule has 0 bridgehead atoms. The Morgan fingerprint density at radius 3 is 2.50 bits per heavy atom. The normalized spacial score (nSPS) is 15.9. The monoisotopic (exact) mass is 636 g/mol. The van der Waals surface area contributed by atoms with Crippen molar-refractivity contribution >= 4 is 46.3 Å². The Kier molecular flexibility index (Phi) is 9.14. The van der Waals surface area contributed by atoms with E-state index in [1.807, 2.05) is 4.90 Å². The summed E-state index contributed by atoms with van der Waals surface area (Å²) in [4.78, 5) is 29.0. The summed E-state index contributed by atoms with van der Waals surface area (Å²) in [6.45, 7) is 7.29. The summed E-state index contributed by atoms with van der Waals surface area (Å²) in [5.74, 6) is -0.505. The highest BCUT2D eigenvalue weighted by Crippen LogP contribution is 2.36. The maximum atomic E-state index is 14.8. The van der Waals surface area contributed by atoms with Gasteiger partial charge in [-0.2, -0.15) is 5.26 Å². The highest BCUT2D eigenvalue weighted by atomic mass is 35.5. The van der Waals surface area contributed by atoms with Gasteiger partial charge in [0.1, 0.15) is 6.07 Å². The van der Waals surface area contributed by atoms with Gasteiger partial charge in [0.05, 0.1) is 27.5 Å². The summed E-state index contributed by atoms with van der Waals surface area (Å²) in [6.07, 6.45) is 7.43. The number of rotatable bonds is 9. The Bertz CT molecular complexity index is 1710. The molecule has 44 heavy (non-hydrogen) atoms. The van der Waals surface area contributed by atoms with E-state index in [-0.39, 0.29) is 23.3 Å². The predicted octanol–water partition coefficient (Wildman–Crippen LogP) is 5.34. The molecule has 6 rings (SSSR count). The highest BCUT2D eigenvalue weighted by Gasteiger charge is 2.25. The lowest BCUT2D eigenvalue weighted by Gasteiger charge is -2.35. The van der Waals surface area contributed by atoms with E-state index < -0.39 is 5.82 Å². The van der Waals surface area contributed by atoms with E-state index in [1.54, 1.807) is 53.3 Å². The van der Waals surface area contributed by atoms with Crippen LogP contribution in [0.1, 0.15) is 23.2 Å². The van der Waals surface area contributed by atoms with Gasteiger partial charge in [0, 0.05) is 62.9 Å². The van der Waals surface area contributed by atoms with E-state index in [9.17, 15) is 9.18 Å². The van der Waals surface area contributed by atoms with Crippen LogP contribution in [-0.4, -0.2) is 93.9 Å². The standard InChI is InChI=1S/C31H31Cl2FN8O2/c32-24-19-21(3-4-22(24)31(43)41-16-14-40(15-17-41)13-12-39-9-1-2-10-39)38-29-30-37-20-25(42(30)11-8-36-29)23-5-6-26(44-18-7-35)28(34)27(23)33/h3-6,8,11,19-20H,1-2,9-10,12-18H2,(H,36,38). The molecule has 0 aliphatic carbocycles. The zero-order valence-corrected chi connectivity index (χ0v) is 25.5. The highest BCUT2D eigenvalue weighted by molar-refractivity contribution is 6.34. The van der Waals surface area contributed by atoms with Gasteiger partial charge in [0.15, 0.2) is 29.6 Å². The van der Waals surface area contributed by atoms with Crippen LogP contribution in [0.3, 0.4) is 0 Å². The fourth-order valence-corrected chi connectivity index (χ4v) is 6.21. The van der Waals surface area contributed by atoms with Crippen LogP contribution < -0.4 is 10.1 Å². The summed E-state index contributed by atoms with van der Waals surface area (Å²) < 4.78 is 21.7. The Hall–Kier alpha value is -3.95. The van der Waals surface area contributed by atoms with Crippen LogP contribution in [0.4, 0.5) is 15.9 Å². The van der Waals surface area contributed by atoms with Crippen LogP contribution in [0.15, 0.2) is 48.9 Å². The van der Waals surface area contributed by atoms with Gasteiger partial charge in [-0.1, -0.05) is 23.2 Å². The Morgan fingerprint density at radius 2 is 1.77 bits per heavy atom. The van der Waals surface area contributed by atoms with E-state index in [1.165, 1.54) is 32.0 Å². The fourth-order valence-electron chi connectivity index (χ4n) is 5.69. The number of hydrogen-bond acceptors (Lipinski definition) is 8. The third-order valence-corrected chi connectivity index (χ3v) is 8.78. The number of nitriles is 1. The Balaban J connectivity index is 1.13. The second-order valence-corrected chi connectivity index (χ2v) is 11.6. The molecule has 0 radical (unpaired) electrons. The summed E-state index contributed by atoms with van der Waals surface area (Å²) in [6, 6.07) is 10.0. The molecule has 2 saturated heterocycles. The van der Waals surface area contributed by atoms with Crippen molar-refractivity contribution in [1.82, 2.24) is 29.1 Å². The number of ether oxygens (including phenoxy) is 1. The van der Waals surface area contributed by atoms with E-state index >= 15 is 0 Å². The molecule has 0 spiro atoms. The van der Waals surface area contributed by atoms with Crippen molar-refractivity contribution in [1.29, 1.82) is 5.26 Å². The summed E-state index contributed by atoms with van der Waals surface area (Å²) >= 11 is 13.0. The van der Waals surface area contributed by atoms with Crippen molar-refractivity contribution in [2.24, 2.45) is 0 Å². The van der Waals surface area contributed by atoms with Crippen molar-refractivity contribution < 1.29 is 13.9 Å². The van der Waals surface area contributed by atoms with Gasteiger partial charge in [0.25, 0.3) is 5.91 Å². The van der Waals surface area contributed by atoms with Gasteiger partial charge in [0.2, 0.25) is 0 Å². The molecule has 0 saturated carbocycles. The lowest BCUT2D eigenvalue weighted by molar-refractivity contribution is 0.0627. The number of nitrogens with zero attached hydrogens (tertiary/aromatic N) is 7. The SMILES string of the molecule is N#CCOc1ccc(-c2cnc3c(Nc4ccc(C(=O)N5CCN(CCN6CCCC6)CC5)c(Cl)c4)nccn23)c(Cl)c1F. The van der Waals surface area contributed by atoms with Gasteiger partial charge < -0.3 is 19.9 Å². The van der Waals surface area contributed by atoms with Gasteiger partial charge >= 0.3 is 0 Å². The van der Waals surface area contributed by atoms with Crippen molar-refractivity contribution in [2.75, 3.05) is 64.3 Å². The molecule has 228 valence electrons. The summed E-state index contributed by atoms with van der Waals surface area (Å²) in [5.41, 5.74) is 2.50. The van der Waals surface area contributed by atoms with Crippen LogP contribution in [-0.2, 0) is 0 Å². The molecule has 2 aliphatic heterocycles. The second kappa shape index (κ2) is 13.4. The fraction of sp³-hybridized carbons (Fsp3) is 0.355. The zero-order chi connectivity index (χ0) is 30.6. The molecule has 4 aromatic rings. The van der Waals surface area contributed by atoms with Gasteiger partial charge in [-0.05, 0) is 56.3 Å². The predicted molar refractivity (Wildman–Crippen MR) is 167 cm³/mol. The number of amides is 1. The number of carbonyl (C=O) groups excluding carboxylic acids is 1. The minimum absolute atomic E-state index is 0.0768. The first-order valence-electron chi connectivity index (χ1n) is 14.5. The van der Waals surface area contributed by atoms with Crippen molar-refractivity contribution in [3.63, 3.8) is 0 Å².